The van der Waals surface area contributed by atoms with Gasteiger partial charge < -0.3 is 20.2 Å². The highest BCUT2D eigenvalue weighted by atomic mass is 16.3. The van der Waals surface area contributed by atoms with E-state index in [-0.39, 0.29) is 10.8 Å². The van der Waals surface area contributed by atoms with E-state index in [1.54, 1.807) is 0 Å². The second kappa shape index (κ2) is 10.8. The number of aliphatic hydroxyl groups is 2. The molecule has 3 rings (SSSR count). The van der Waals surface area contributed by atoms with Gasteiger partial charge in [-0.2, -0.15) is 0 Å². The summed E-state index contributed by atoms with van der Waals surface area (Å²) in [5, 5.41) is 33.4. The predicted octanol–water partition coefficient (Wildman–Crippen LogP) is 6.55. The van der Waals surface area contributed by atoms with Crippen LogP contribution in [0.1, 0.15) is 76.0 Å². The van der Waals surface area contributed by atoms with Crippen LogP contribution < -0.4 is 4.90 Å². The Morgan fingerprint density at radius 1 is 0.714 bits per heavy atom. The summed E-state index contributed by atoms with van der Waals surface area (Å²) in [6, 6.07) is 23.2. The lowest BCUT2D eigenvalue weighted by Crippen LogP contribution is -2.33. The summed E-state index contributed by atoms with van der Waals surface area (Å²) >= 11 is 0. The summed E-state index contributed by atoms with van der Waals surface area (Å²) in [5.74, 6) is 0.336. The first-order valence-corrected chi connectivity index (χ1v) is 12.4. The fourth-order valence-corrected chi connectivity index (χ4v) is 4.40. The molecule has 0 aliphatic rings. The van der Waals surface area contributed by atoms with Crippen LogP contribution in [-0.2, 0) is 11.8 Å². The molecule has 0 amide bonds. The highest BCUT2D eigenvalue weighted by Crippen LogP contribution is 2.40. The van der Waals surface area contributed by atoms with Crippen LogP contribution >= 0.6 is 0 Å². The maximum atomic E-state index is 11.2. The van der Waals surface area contributed by atoms with Gasteiger partial charge in [0.05, 0.1) is 12.2 Å². The molecule has 4 nitrogen and oxygen atoms in total. The zero-order valence-electron chi connectivity index (χ0n) is 22.0. The second-order valence-corrected chi connectivity index (χ2v) is 11.7. The van der Waals surface area contributed by atoms with Crippen LogP contribution in [0.25, 0.3) is 0 Å². The van der Waals surface area contributed by atoms with Crippen LogP contribution in [-0.4, -0.2) is 28.4 Å². The lowest BCUT2D eigenvalue weighted by atomic mass is 9.81. The van der Waals surface area contributed by atoms with Gasteiger partial charge in [-0.15, -0.1) is 0 Å². The first-order valence-electron chi connectivity index (χ1n) is 12.4. The summed E-state index contributed by atoms with van der Waals surface area (Å²) in [5.41, 5.74) is 4.01. The third kappa shape index (κ3) is 7.33. The fraction of sp³-hybridized carbons (Fsp3) is 0.419. The van der Waals surface area contributed by atoms with Gasteiger partial charge in [0.1, 0.15) is 5.75 Å². The number of phenolic OH excluding ortho intramolecular Hbond substituents is 1. The highest BCUT2D eigenvalue weighted by Gasteiger charge is 2.26. The molecule has 0 spiro atoms. The van der Waals surface area contributed by atoms with Gasteiger partial charge in [0, 0.05) is 24.3 Å². The molecule has 0 aliphatic heterocycles. The molecule has 188 valence electrons. The average molecular weight is 476 g/mol. The molecule has 3 aromatic rings. The van der Waals surface area contributed by atoms with Crippen molar-refractivity contribution in [3.8, 4) is 5.75 Å². The smallest absolute Gasteiger partial charge is 0.122 e. The number of nitrogens with zero attached hydrogens (tertiary/aromatic N) is 1. The first-order chi connectivity index (χ1) is 16.3. The monoisotopic (exact) mass is 475 g/mol. The van der Waals surface area contributed by atoms with Gasteiger partial charge in [-0.1, -0.05) is 102 Å². The highest BCUT2D eigenvalue weighted by molar-refractivity contribution is 5.59. The minimum Gasteiger partial charge on any atom is -0.507 e. The van der Waals surface area contributed by atoms with Crippen LogP contribution in [0.4, 0.5) is 5.69 Å². The summed E-state index contributed by atoms with van der Waals surface area (Å²) < 4.78 is 0. The van der Waals surface area contributed by atoms with E-state index in [9.17, 15) is 15.3 Å². The van der Waals surface area contributed by atoms with Gasteiger partial charge in [-0.25, -0.2) is 0 Å². The van der Waals surface area contributed by atoms with Gasteiger partial charge in [0.2, 0.25) is 0 Å². The molecule has 2 unspecified atom stereocenters. The Bertz CT molecular complexity index is 1030. The fourth-order valence-electron chi connectivity index (χ4n) is 4.40. The molecule has 0 aromatic heterocycles. The van der Waals surface area contributed by atoms with Crippen molar-refractivity contribution in [1.29, 1.82) is 0 Å². The van der Waals surface area contributed by atoms with E-state index in [0.29, 0.717) is 25.3 Å². The van der Waals surface area contributed by atoms with Gasteiger partial charge in [0.25, 0.3) is 0 Å². The summed E-state index contributed by atoms with van der Waals surface area (Å²) in [6.45, 7) is 13.4. The Labute approximate surface area is 210 Å². The minimum absolute atomic E-state index is 0.0107. The molecule has 0 aliphatic carbocycles. The number of phenols is 1. The van der Waals surface area contributed by atoms with Crippen LogP contribution in [0.2, 0.25) is 0 Å². The molecule has 0 saturated carbocycles. The van der Waals surface area contributed by atoms with Crippen molar-refractivity contribution in [2.24, 2.45) is 5.41 Å². The maximum Gasteiger partial charge on any atom is 0.122 e. The molecule has 0 radical (unpaired) electrons. The number of hydrogen-bond acceptors (Lipinski definition) is 4. The number of hydrogen-bond donors (Lipinski definition) is 3. The third-order valence-corrected chi connectivity index (χ3v) is 6.22. The molecule has 2 atom stereocenters. The van der Waals surface area contributed by atoms with Crippen LogP contribution in [0.3, 0.4) is 0 Å². The summed E-state index contributed by atoms with van der Waals surface area (Å²) in [4.78, 5) is 2.04. The standard InChI is InChI=1S/C31H41NO3/c1-30(2,3)19-24-17-25(18-26(29(24)35)31(4,5)6)32(20-27(33)22-13-9-7-10-14-22)21-28(34)23-15-11-8-12-16-23/h7-18,27-28,33-35H,19-21H2,1-6H3. The largest absolute Gasteiger partial charge is 0.507 e. The second-order valence-electron chi connectivity index (χ2n) is 11.7. The number of benzene rings is 3. The zero-order chi connectivity index (χ0) is 25.8. The third-order valence-electron chi connectivity index (χ3n) is 6.22. The minimum atomic E-state index is -0.725. The van der Waals surface area contributed by atoms with Crippen molar-refractivity contribution >= 4 is 5.69 Å². The Morgan fingerprint density at radius 3 is 1.57 bits per heavy atom. The van der Waals surface area contributed by atoms with E-state index in [2.05, 4.69) is 41.5 Å². The Balaban J connectivity index is 2.07. The molecule has 3 aromatic carbocycles. The summed E-state index contributed by atoms with van der Waals surface area (Å²) in [7, 11) is 0. The van der Waals surface area contributed by atoms with Crippen molar-refractivity contribution in [3.05, 3.63) is 95.1 Å². The Morgan fingerprint density at radius 2 is 1.17 bits per heavy atom. The quantitative estimate of drug-likeness (QED) is 0.346. The van der Waals surface area contributed by atoms with Gasteiger partial charge in [-0.05, 0) is 46.1 Å². The molecule has 4 heteroatoms. The lowest BCUT2D eigenvalue weighted by Gasteiger charge is -2.33. The van der Waals surface area contributed by atoms with Crippen LogP contribution in [0.5, 0.6) is 5.75 Å². The van der Waals surface area contributed by atoms with Crippen molar-refractivity contribution in [3.63, 3.8) is 0 Å². The molecular formula is C31H41NO3. The van der Waals surface area contributed by atoms with E-state index in [4.69, 9.17) is 0 Å². The van der Waals surface area contributed by atoms with Gasteiger partial charge in [-0.3, -0.25) is 0 Å². The van der Waals surface area contributed by atoms with E-state index < -0.39 is 12.2 Å². The van der Waals surface area contributed by atoms with Crippen molar-refractivity contribution in [2.45, 2.75) is 65.6 Å². The predicted molar refractivity (Wildman–Crippen MR) is 145 cm³/mol. The normalized spacial score (nSPS) is 13.9. The Kier molecular flexibility index (Phi) is 8.30. The van der Waals surface area contributed by atoms with Crippen LogP contribution in [0, 0.1) is 5.41 Å². The van der Waals surface area contributed by atoms with Gasteiger partial charge >= 0.3 is 0 Å². The van der Waals surface area contributed by atoms with Gasteiger partial charge in [0.15, 0.2) is 0 Å². The molecule has 35 heavy (non-hydrogen) atoms. The topological polar surface area (TPSA) is 63.9 Å². The number of rotatable bonds is 8. The molecule has 0 fully saturated rings. The molecule has 0 saturated heterocycles. The SMILES string of the molecule is CC(C)(C)Cc1cc(N(CC(O)c2ccccc2)CC(O)c2ccccc2)cc(C(C)(C)C)c1O. The van der Waals surface area contributed by atoms with E-state index >= 15 is 0 Å². The number of aliphatic hydroxyl groups excluding tert-OH is 2. The molecule has 0 heterocycles. The maximum absolute atomic E-state index is 11.2. The first kappa shape index (κ1) is 26.8. The summed E-state index contributed by atoms with van der Waals surface area (Å²) in [6.07, 6.45) is -0.735. The van der Waals surface area contributed by atoms with E-state index in [1.165, 1.54) is 0 Å². The van der Waals surface area contributed by atoms with E-state index in [1.807, 2.05) is 77.7 Å². The van der Waals surface area contributed by atoms with Crippen LogP contribution in [0.15, 0.2) is 72.8 Å². The Hall–Kier alpha value is -2.82. The van der Waals surface area contributed by atoms with Crippen molar-refractivity contribution < 1.29 is 15.3 Å². The number of anilines is 1. The lowest BCUT2D eigenvalue weighted by molar-refractivity contribution is 0.161. The van der Waals surface area contributed by atoms with E-state index in [0.717, 1.165) is 27.9 Å². The van der Waals surface area contributed by atoms with Crippen molar-refractivity contribution in [1.82, 2.24) is 0 Å². The molecule has 3 N–H and O–H groups in total. The molecule has 0 bridgehead atoms. The average Bonchev–Trinajstić information content (AvgIpc) is 2.79. The number of aromatic hydroxyl groups is 1. The van der Waals surface area contributed by atoms with Crippen molar-refractivity contribution in [2.75, 3.05) is 18.0 Å². The zero-order valence-corrected chi connectivity index (χ0v) is 22.0. The molecular weight excluding hydrogens is 434 g/mol.